The molecule has 3 atom stereocenters. The summed E-state index contributed by atoms with van der Waals surface area (Å²) in [5.74, 6) is -0.730. The lowest BCUT2D eigenvalue weighted by atomic mass is 10.0. The van der Waals surface area contributed by atoms with Crippen LogP contribution >= 0.6 is 0 Å². The number of hydrogen-bond donors (Lipinski definition) is 1. The second-order valence-electron chi connectivity index (χ2n) is 7.29. The van der Waals surface area contributed by atoms with Crippen molar-refractivity contribution in [2.24, 2.45) is 0 Å². The summed E-state index contributed by atoms with van der Waals surface area (Å²) in [6, 6.07) is 9.67. The van der Waals surface area contributed by atoms with Crippen molar-refractivity contribution in [3.8, 4) is 6.07 Å². The van der Waals surface area contributed by atoms with Gasteiger partial charge in [0, 0.05) is 19.6 Å². The minimum atomic E-state index is -1.00. The highest BCUT2D eigenvalue weighted by molar-refractivity contribution is 5.88. The van der Waals surface area contributed by atoms with Crippen LogP contribution in [0.1, 0.15) is 45.2 Å². The summed E-state index contributed by atoms with van der Waals surface area (Å²) in [4.78, 5) is 24.3. The van der Waals surface area contributed by atoms with Gasteiger partial charge in [0.2, 0.25) is 5.91 Å². The van der Waals surface area contributed by atoms with Gasteiger partial charge in [-0.15, -0.1) is 0 Å². The monoisotopic (exact) mass is 381 g/mol. The number of nitrogens with zero attached hydrogens (tertiary/aromatic N) is 4. The molecule has 1 saturated heterocycles. The average molecular weight is 381 g/mol. The number of aromatic nitrogens is 2. The summed E-state index contributed by atoms with van der Waals surface area (Å²) in [6.07, 6.45) is 1.91. The summed E-state index contributed by atoms with van der Waals surface area (Å²) < 4.78 is 5.83. The molecule has 7 nitrogen and oxygen atoms in total. The van der Waals surface area contributed by atoms with Gasteiger partial charge in [0.1, 0.15) is 5.69 Å². The van der Waals surface area contributed by atoms with Crippen LogP contribution in [0.4, 0.5) is 5.82 Å². The van der Waals surface area contributed by atoms with E-state index in [1.54, 1.807) is 0 Å². The molecule has 2 heterocycles. The molecule has 0 radical (unpaired) electrons. The van der Waals surface area contributed by atoms with E-state index in [1.165, 1.54) is 0 Å². The fraction of sp³-hybridized carbons (Fsp3) is 0.524. The number of rotatable bonds is 6. The first-order valence-corrected chi connectivity index (χ1v) is 9.87. The number of amides is 1. The van der Waals surface area contributed by atoms with Crippen molar-refractivity contribution in [3.63, 3.8) is 0 Å². The summed E-state index contributed by atoms with van der Waals surface area (Å²) in [5.41, 5.74) is 1.84. The topological polar surface area (TPSA) is 91.1 Å². The Bertz CT molecular complexity index is 869. The van der Waals surface area contributed by atoms with E-state index >= 15 is 0 Å². The largest absolute Gasteiger partial charge is 0.372 e. The van der Waals surface area contributed by atoms with Crippen LogP contribution in [0.15, 0.2) is 24.3 Å². The fourth-order valence-corrected chi connectivity index (χ4v) is 3.52. The Kier molecular flexibility index (Phi) is 6.42. The lowest BCUT2D eigenvalue weighted by Gasteiger charge is -2.37. The molecule has 1 aliphatic heterocycles. The number of unbranched alkanes of at least 4 members (excludes halogenated alkanes) is 1. The first kappa shape index (κ1) is 20.0. The van der Waals surface area contributed by atoms with E-state index in [0.717, 1.165) is 18.4 Å². The molecule has 7 heteroatoms. The van der Waals surface area contributed by atoms with Gasteiger partial charge in [0.25, 0.3) is 0 Å². The Morgan fingerprint density at radius 3 is 2.54 bits per heavy atom. The van der Waals surface area contributed by atoms with Gasteiger partial charge in [-0.2, -0.15) is 5.26 Å². The molecule has 1 aliphatic rings. The number of fused-ring (bicyclic) bond motifs is 1. The SMILES string of the molecule is CCCCNC(=O)[C@H](C#N)c1nc2ccccc2nc1N1C[C@H](C)O[C@@H](C)C1. The molecular formula is C21H27N5O2. The Morgan fingerprint density at radius 1 is 1.29 bits per heavy atom. The van der Waals surface area contributed by atoms with Crippen LogP contribution in [0.25, 0.3) is 11.0 Å². The molecule has 3 rings (SSSR count). The maximum Gasteiger partial charge on any atom is 0.243 e. The number of carbonyl (C=O) groups excluding carboxylic acids is 1. The number of ether oxygens (including phenoxy) is 1. The van der Waals surface area contributed by atoms with Crippen molar-refractivity contribution < 1.29 is 9.53 Å². The number of carbonyl (C=O) groups is 1. The Hall–Kier alpha value is -2.72. The van der Waals surface area contributed by atoms with E-state index in [2.05, 4.69) is 23.2 Å². The van der Waals surface area contributed by atoms with E-state index in [-0.39, 0.29) is 18.1 Å². The summed E-state index contributed by atoms with van der Waals surface area (Å²) in [7, 11) is 0. The Morgan fingerprint density at radius 2 is 1.93 bits per heavy atom. The van der Waals surface area contributed by atoms with Gasteiger partial charge in [0.15, 0.2) is 11.7 Å². The van der Waals surface area contributed by atoms with Gasteiger partial charge in [-0.25, -0.2) is 9.97 Å². The number of benzene rings is 1. The van der Waals surface area contributed by atoms with Crippen molar-refractivity contribution in [1.82, 2.24) is 15.3 Å². The van der Waals surface area contributed by atoms with Gasteiger partial charge in [-0.3, -0.25) is 4.79 Å². The van der Waals surface area contributed by atoms with Crippen LogP contribution in [0.2, 0.25) is 0 Å². The summed E-state index contributed by atoms with van der Waals surface area (Å²) in [5, 5.41) is 12.6. The zero-order valence-corrected chi connectivity index (χ0v) is 16.7. The molecule has 0 aliphatic carbocycles. The average Bonchev–Trinajstić information content (AvgIpc) is 2.67. The first-order valence-electron chi connectivity index (χ1n) is 9.87. The third kappa shape index (κ3) is 4.39. The molecule has 0 bridgehead atoms. The van der Waals surface area contributed by atoms with E-state index < -0.39 is 5.92 Å². The van der Waals surface area contributed by atoms with Gasteiger partial charge >= 0.3 is 0 Å². The van der Waals surface area contributed by atoms with Crippen molar-refractivity contribution in [1.29, 1.82) is 5.26 Å². The third-order valence-corrected chi connectivity index (χ3v) is 4.79. The van der Waals surface area contributed by atoms with Gasteiger partial charge in [-0.1, -0.05) is 25.5 Å². The summed E-state index contributed by atoms with van der Waals surface area (Å²) in [6.45, 7) is 7.91. The van der Waals surface area contributed by atoms with E-state index in [1.807, 2.05) is 38.1 Å². The highest BCUT2D eigenvalue weighted by atomic mass is 16.5. The predicted molar refractivity (Wildman–Crippen MR) is 108 cm³/mol. The van der Waals surface area contributed by atoms with Crippen LogP contribution < -0.4 is 10.2 Å². The molecule has 0 spiro atoms. The number of morpholine rings is 1. The number of anilines is 1. The summed E-state index contributed by atoms with van der Waals surface area (Å²) >= 11 is 0. The van der Waals surface area contributed by atoms with Gasteiger partial charge in [0.05, 0.1) is 29.3 Å². The van der Waals surface area contributed by atoms with Crippen LogP contribution in [0.3, 0.4) is 0 Å². The standard InChI is InChI=1S/C21H27N5O2/c1-4-5-10-23-21(27)16(11-22)19-20(26-12-14(2)28-15(3)13-26)25-18-9-7-6-8-17(18)24-19/h6-9,14-16H,4-5,10,12-13H2,1-3H3,(H,23,27)/t14-,15-,16+/m0/s1. The van der Waals surface area contributed by atoms with Crippen LogP contribution in [-0.4, -0.2) is 47.7 Å². The Labute approximate surface area is 165 Å². The maximum atomic E-state index is 12.7. The minimum Gasteiger partial charge on any atom is -0.372 e. The lowest BCUT2D eigenvalue weighted by Crippen LogP contribution is -2.46. The van der Waals surface area contributed by atoms with Gasteiger partial charge in [-0.05, 0) is 32.4 Å². The molecular weight excluding hydrogens is 354 g/mol. The number of hydrogen-bond acceptors (Lipinski definition) is 6. The molecule has 1 amide bonds. The van der Waals surface area contributed by atoms with Gasteiger partial charge < -0.3 is 15.0 Å². The van der Waals surface area contributed by atoms with Crippen molar-refractivity contribution >= 4 is 22.8 Å². The van der Waals surface area contributed by atoms with Crippen molar-refractivity contribution in [2.75, 3.05) is 24.5 Å². The van der Waals surface area contributed by atoms with Crippen molar-refractivity contribution in [3.05, 3.63) is 30.0 Å². The highest BCUT2D eigenvalue weighted by Gasteiger charge is 2.31. The first-order chi connectivity index (χ1) is 13.5. The number of para-hydroxylation sites is 2. The van der Waals surface area contributed by atoms with Crippen LogP contribution in [0, 0.1) is 11.3 Å². The second-order valence-corrected chi connectivity index (χ2v) is 7.29. The lowest BCUT2D eigenvalue weighted by molar-refractivity contribution is -0.121. The molecule has 1 N–H and O–H groups in total. The quantitative estimate of drug-likeness (QED) is 0.774. The van der Waals surface area contributed by atoms with Crippen LogP contribution in [-0.2, 0) is 9.53 Å². The fourth-order valence-electron chi connectivity index (χ4n) is 3.52. The van der Waals surface area contributed by atoms with Crippen molar-refractivity contribution in [2.45, 2.75) is 51.7 Å². The highest BCUT2D eigenvalue weighted by Crippen LogP contribution is 2.29. The van der Waals surface area contributed by atoms with E-state index in [4.69, 9.17) is 14.7 Å². The maximum absolute atomic E-state index is 12.7. The van der Waals surface area contributed by atoms with E-state index in [0.29, 0.717) is 36.7 Å². The van der Waals surface area contributed by atoms with Crippen LogP contribution in [0.5, 0.6) is 0 Å². The number of nitrogens with one attached hydrogen (secondary N) is 1. The smallest absolute Gasteiger partial charge is 0.243 e. The second kappa shape index (κ2) is 8.98. The molecule has 28 heavy (non-hydrogen) atoms. The molecule has 0 saturated carbocycles. The molecule has 0 unspecified atom stereocenters. The predicted octanol–water partition coefficient (Wildman–Crippen LogP) is 2.77. The minimum absolute atomic E-state index is 0.0313. The molecule has 1 aromatic heterocycles. The normalized spacial score (nSPS) is 20.6. The molecule has 1 aromatic carbocycles. The zero-order valence-electron chi connectivity index (χ0n) is 16.7. The third-order valence-electron chi connectivity index (χ3n) is 4.79. The molecule has 1 fully saturated rings. The number of nitriles is 1. The van der Waals surface area contributed by atoms with E-state index in [9.17, 15) is 10.1 Å². The Balaban J connectivity index is 2.03. The zero-order chi connectivity index (χ0) is 20.1. The molecule has 148 valence electrons. The molecule has 2 aromatic rings.